The minimum Gasteiger partial charge on any atom is -0.480 e. The molecule has 1 aliphatic carbocycles. The Morgan fingerprint density at radius 2 is 1.90 bits per heavy atom. The quantitative estimate of drug-likeness (QED) is 0.220. The highest BCUT2D eigenvalue weighted by Crippen LogP contribution is 2.44. The van der Waals surface area contributed by atoms with Gasteiger partial charge < -0.3 is 15.6 Å². The minimum atomic E-state index is -4.72. The highest BCUT2D eigenvalue weighted by Gasteiger charge is 2.45. The number of aliphatic carboxylic acids is 1. The summed E-state index contributed by atoms with van der Waals surface area (Å²) in [6.45, 7) is 0. The Bertz CT molecular complexity index is 1570. The lowest BCUT2D eigenvalue weighted by Crippen LogP contribution is -2.32. The van der Waals surface area contributed by atoms with Crippen LogP contribution in [0.3, 0.4) is 0 Å². The highest BCUT2D eigenvalue weighted by molar-refractivity contribution is 7.18. The largest absolute Gasteiger partial charge is 0.480 e. The topological polar surface area (TPSA) is 98.3 Å². The number of alkyl halides is 3. The van der Waals surface area contributed by atoms with E-state index in [4.69, 9.17) is 27.2 Å². The van der Waals surface area contributed by atoms with Crippen molar-refractivity contribution < 1.29 is 27.8 Å². The fourth-order valence-corrected chi connectivity index (χ4v) is 5.95. The molecule has 3 N–H and O–H groups in total. The number of nitrogens with two attached hydrogens (primary N) is 1. The first-order valence-corrected chi connectivity index (χ1v) is 13.9. The number of carboxylic acids is 1. The van der Waals surface area contributed by atoms with E-state index < -0.39 is 24.3 Å². The minimum absolute atomic E-state index is 0.0104. The number of halogens is 4. The molecular formula is C29H25ClF3N3O3S. The number of hydrogen-bond acceptors (Lipinski definition) is 6. The third kappa shape index (κ3) is 5.99. The van der Waals surface area contributed by atoms with Gasteiger partial charge in [-0.15, -0.1) is 11.3 Å². The number of hydrogen-bond donors (Lipinski definition) is 2. The van der Waals surface area contributed by atoms with Crippen molar-refractivity contribution in [2.75, 3.05) is 0 Å². The maximum absolute atomic E-state index is 14.5. The third-order valence-corrected chi connectivity index (χ3v) is 8.01. The van der Waals surface area contributed by atoms with Crippen LogP contribution in [0, 0.1) is 0 Å². The smallest absolute Gasteiger partial charge is 0.429 e. The molecule has 0 bridgehead atoms. The lowest BCUT2D eigenvalue weighted by molar-refractivity contribution is -0.198. The van der Waals surface area contributed by atoms with Crippen molar-refractivity contribution in [3.8, 4) is 17.0 Å². The molecule has 5 rings (SSSR count). The van der Waals surface area contributed by atoms with Gasteiger partial charge in [0.05, 0.1) is 5.52 Å². The van der Waals surface area contributed by atoms with E-state index in [2.05, 4.69) is 9.97 Å². The Labute approximate surface area is 237 Å². The summed E-state index contributed by atoms with van der Waals surface area (Å²) in [6, 6.07) is 10.5. The van der Waals surface area contributed by atoms with E-state index in [1.54, 1.807) is 35.7 Å². The number of carbonyl (C=O) groups is 1. The predicted molar refractivity (Wildman–Crippen MR) is 149 cm³/mol. The van der Waals surface area contributed by atoms with Crippen molar-refractivity contribution in [2.45, 2.75) is 50.4 Å². The molecule has 2 aromatic carbocycles. The number of allylic oxidation sites excluding steroid dienone is 2. The SMILES string of the molecule is NC(Cc1ccc(-c2csc3c(O[C@H](c4ccc(Cl)cc4C4=CCCCC4)C(F)(F)F)ncnc23)cc1)C(=O)O. The molecule has 0 saturated heterocycles. The first-order chi connectivity index (χ1) is 19.1. The number of fused-ring (bicyclic) bond motifs is 1. The number of ether oxygens (including phenoxy) is 1. The van der Waals surface area contributed by atoms with Gasteiger partial charge >= 0.3 is 12.1 Å². The highest BCUT2D eigenvalue weighted by atomic mass is 35.5. The Morgan fingerprint density at radius 1 is 1.12 bits per heavy atom. The molecule has 0 saturated carbocycles. The van der Waals surface area contributed by atoms with Crippen molar-refractivity contribution in [2.24, 2.45) is 5.73 Å². The van der Waals surface area contributed by atoms with E-state index in [1.165, 1.54) is 29.8 Å². The van der Waals surface area contributed by atoms with Crippen LogP contribution in [0.25, 0.3) is 26.9 Å². The van der Waals surface area contributed by atoms with Crippen LogP contribution in [-0.2, 0) is 11.2 Å². The number of benzene rings is 2. The zero-order valence-corrected chi connectivity index (χ0v) is 22.7. The van der Waals surface area contributed by atoms with Gasteiger partial charge in [-0.25, -0.2) is 9.97 Å². The first kappa shape index (κ1) is 28.1. The van der Waals surface area contributed by atoms with E-state index in [0.29, 0.717) is 32.8 Å². The van der Waals surface area contributed by atoms with Crippen LogP contribution in [0.5, 0.6) is 5.88 Å². The summed E-state index contributed by atoms with van der Waals surface area (Å²) in [6.07, 6.45) is -0.283. The molecule has 2 atom stereocenters. The maximum atomic E-state index is 14.5. The van der Waals surface area contributed by atoms with E-state index >= 15 is 0 Å². The molecule has 0 amide bonds. The molecular weight excluding hydrogens is 563 g/mol. The van der Waals surface area contributed by atoms with Crippen molar-refractivity contribution >= 4 is 44.7 Å². The molecule has 0 aliphatic heterocycles. The standard InChI is InChI=1S/C29H25ClF3N3O3S/c30-19-10-11-20(21(13-19)17-4-2-1-3-5-17)26(29(31,32)33)39-27-25-24(35-15-36-27)22(14-40-25)18-8-6-16(7-9-18)12-23(34)28(37)38/h4,6-11,13-15,23,26H,1-3,5,12,34H2,(H,37,38)/t23?,26-/m1/s1. The van der Waals surface area contributed by atoms with Crippen molar-refractivity contribution in [1.82, 2.24) is 9.97 Å². The number of nitrogens with zero attached hydrogens (tertiary/aromatic N) is 2. The van der Waals surface area contributed by atoms with Crippen molar-refractivity contribution in [3.05, 3.63) is 82.0 Å². The molecule has 4 aromatic rings. The Morgan fingerprint density at radius 3 is 2.58 bits per heavy atom. The lowest BCUT2D eigenvalue weighted by atomic mass is 9.89. The van der Waals surface area contributed by atoms with Crippen molar-refractivity contribution in [3.63, 3.8) is 0 Å². The molecule has 1 aliphatic rings. The van der Waals surface area contributed by atoms with E-state index in [9.17, 15) is 18.0 Å². The molecule has 6 nitrogen and oxygen atoms in total. The molecule has 2 heterocycles. The van der Waals surface area contributed by atoms with Crippen LogP contribution in [0.15, 0.2) is 60.2 Å². The molecule has 1 unspecified atom stereocenters. The van der Waals surface area contributed by atoms with Crippen LogP contribution >= 0.6 is 22.9 Å². The van der Waals surface area contributed by atoms with Gasteiger partial charge in [-0.2, -0.15) is 13.2 Å². The Balaban J connectivity index is 1.50. The zero-order valence-electron chi connectivity index (χ0n) is 21.1. The second-order valence-corrected chi connectivity index (χ2v) is 10.9. The summed E-state index contributed by atoms with van der Waals surface area (Å²) in [4.78, 5) is 19.5. The summed E-state index contributed by atoms with van der Waals surface area (Å²) in [5.74, 6) is -1.25. The van der Waals surface area contributed by atoms with Gasteiger partial charge in [0.1, 0.15) is 17.1 Å². The van der Waals surface area contributed by atoms with Gasteiger partial charge in [0.25, 0.3) is 0 Å². The number of aromatic nitrogens is 2. The summed E-state index contributed by atoms with van der Waals surface area (Å²) in [5, 5.41) is 11.2. The van der Waals surface area contributed by atoms with Gasteiger partial charge in [-0.1, -0.05) is 48.0 Å². The third-order valence-electron chi connectivity index (χ3n) is 6.82. The summed E-state index contributed by atoms with van der Waals surface area (Å²) < 4.78 is 49.6. The summed E-state index contributed by atoms with van der Waals surface area (Å²) in [5.41, 5.74) is 9.55. The van der Waals surface area contributed by atoms with E-state index in [1.807, 2.05) is 6.08 Å². The molecule has 0 fully saturated rings. The molecule has 0 radical (unpaired) electrons. The average Bonchev–Trinajstić information content (AvgIpc) is 3.37. The van der Waals surface area contributed by atoms with Gasteiger partial charge in [-0.3, -0.25) is 4.79 Å². The summed E-state index contributed by atoms with van der Waals surface area (Å²) in [7, 11) is 0. The van der Waals surface area contributed by atoms with Crippen LogP contribution in [-0.4, -0.2) is 33.3 Å². The normalized spacial score (nSPS) is 15.5. The van der Waals surface area contributed by atoms with Crippen LogP contribution < -0.4 is 10.5 Å². The average molecular weight is 588 g/mol. The van der Waals surface area contributed by atoms with Gasteiger partial charge in [0.15, 0.2) is 0 Å². The second-order valence-electron chi connectivity index (χ2n) is 9.60. The Hall–Kier alpha value is -3.47. The number of rotatable bonds is 8. The van der Waals surface area contributed by atoms with Crippen LogP contribution in [0.4, 0.5) is 13.2 Å². The predicted octanol–water partition coefficient (Wildman–Crippen LogP) is 7.61. The van der Waals surface area contributed by atoms with E-state index in [-0.39, 0.29) is 17.9 Å². The monoisotopic (exact) mass is 587 g/mol. The van der Waals surface area contributed by atoms with Gasteiger partial charge in [-0.05, 0) is 66.5 Å². The first-order valence-electron chi connectivity index (χ1n) is 12.6. The van der Waals surface area contributed by atoms with Crippen molar-refractivity contribution in [1.29, 1.82) is 0 Å². The Kier molecular flexibility index (Phi) is 8.11. The molecule has 40 heavy (non-hydrogen) atoms. The molecule has 0 spiro atoms. The summed E-state index contributed by atoms with van der Waals surface area (Å²) >= 11 is 7.39. The fraction of sp³-hybridized carbons (Fsp3) is 0.276. The lowest BCUT2D eigenvalue weighted by Gasteiger charge is -2.25. The number of thiophene rings is 1. The van der Waals surface area contributed by atoms with Gasteiger partial charge in [0.2, 0.25) is 12.0 Å². The van der Waals surface area contributed by atoms with E-state index in [0.717, 1.165) is 36.0 Å². The van der Waals surface area contributed by atoms with Crippen LogP contribution in [0.2, 0.25) is 5.02 Å². The molecule has 11 heteroatoms. The number of carboxylic acid groups (broad SMARTS) is 1. The fourth-order valence-electron chi connectivity index (χ4n) is 4.82. The maximum Gasteiger partial charge on any atom is 0.429 e. The second kappa shape index (κ2) is 11.6. The molecule has 208 valence electrons. The molecule has 2 aromatic heterocycles. The zero-order chi connectivity index (χ0) is 28.4. The van der Waals surface area contributed by atoms with Gasteiger partial charge in [0, 0.05) is 21.5 Å². The van der Waals surface area contributed by atoms with Crippen LogP contribution in [0.1, 0.15) is 48.5 Å².